The predicted octanol–water partition coefficient (Wildman–Crippen LogP) is 2.09. The summed E-state index contributed by atoms with van der Waals surface area (Å²) in [5.74, 6) is 0.269. The molecule has 0 atom stereocenters. The van der Waals surface area contributed by atoms with E-state index in [4.69, 9.17) is 16.7 Å². The number of hydrogen-bond donors (Lipinski definition) is 1. The van der Waals surface area contributed by atoms with Gasteiger partial charge in [0.2, 0.25) is 11.1 Å². The van der Waals surface area contributed by atoms with Crippen LogP contribution in [0, 0.1) is 17.0 Å². The molecule has 1 aliphatic rings. The molecule has 20 heavy (non-hydrogen) atoms. The molecule has 0 radical (unpaired) electrons. The molecule has 0 bridgehead atoms. The monoisotopic (exact) mass is 300 g/mol. The fourth-order valence-electron chi connectivity index (χ4n) is 2.33. The van der Waals surface area contributed by atoms with Gasteiger partial charge in [0.05, 0.1) is 4.92 Å². The Bertz CT molecular complexity index is 508. The Kier molecular flexibility index (Phi) is 4.72. The van der Waals surface area contributed by atoms with E-state index < -0.39 is 4.92 Å². The lowest BCUT2D eigenvalue weighted by atomic mass is 9.91. The number of nitro groups is 1. The summed E-state index contributed by atoms with van der Waals surface area (Å²) in [5, 5.41) is 20.3. The topological polar surface area (TPSA) is 92.4 Å². The van der Waals surface area contributed by atoms with Crippen molar-refractivity contribution in [2.75, 3.05) is 18.1 Å². The van der Waals surface area contributed by atoms with Crippen LogP contribution in [-0.2, 0) is 0 Å². The number of rotatable bonds is 6. The first-order chi connectivity index (χ1) is 9.54. The molecule has 1 fully saturated rings. The summed E-state index contributed by atoms with van der Waals surface area (Å²) >= 11 is 5.85. The largest absolute Gasteiger partial charge is 0.396 e. The van der Waals surface area contributed by atoms with Gasteiger partial charge in [-0.2, -0.15) is 4.98 Å². The van der Waals surface area contributed by atoms with Crippen LogP contribution >= 0.6 is 11.6 Å². The van der Waals surface area contributed by atoms with Crippen molar-refractivity contribution in [3.63, 3.8) is 0 Å². The molecule has 2 rings (SSSR count). The number of aliphatic hydroxyl groups is 1. The molecule has 1 aliphatic carbocycles. The maximum absolute atomic E-state index is 11.3. The van der Waals surface area contributed by atoms with Crippen LogP contribution in [0.25, 0.3) is 0 Å². The van der Waals surface area contributed by atoms with E-state index in [9.17, 15) is 10.1 Å². The van der Waals surface area contributed by atoms with E-state index in [0.717, 1.165) is 19.3 Å². The van der Waals surface area contributed by atoms with Crippen molar-refractivity contribution in [3.05, 3.63) is 21.1 Å². The molecule has 0 amide bonds. The number of nitrogens with zero attached hydrogens (tertiary/aromatic N) is 4. The van der Waals surface area contributed by atoms with Gasteiger partial charge in [-0.25, -0.2) is 4.98 Å². The second kappa shape index (κ2) is 6.32. The fourth-order valence-corrected chi connectivity index (χ4v) is 2.54. The highest BCUT2D eigenvalue weighted by atomic mass is 35.5. The van der Waals surface area contributed by atoms with Crippen molar-refractivity contribution in [1.82, 2.24) is 9.97 Å². The van der Waals surface area contributed by atoms with Crippen LogP contribution < -0.4 is 4.90 Å². The predicted molar refractivity (Wildman–Crippen MR) is 75.1 cm³/mol. The quantitative estimate of drug-likeness (QED) is 0.491. The second-order valence-electron chi connectivity index (χ2n) is 4.86. The van der Waals surface area contributed by atoms with Crippen molar-refractivity contribution in [1.29, 1.82) is 0 Å². The number of aromatic nitrogens is 2. The molecule has 110 valence electrons. The summed E-state index contributed by atoms with van der Waals surface area (Å²) in [5.41, 5.74) is 0.164. The molecule has 1 aromatic rings. The Hall–Kier alpha value is -1.47. The first kappa shape index (κ1) is 14.9. The minimum atomic E-state index is -0.467. The van der Waals surface area contributed by atoms with Crippen LogP contribution in [0.5, 0.6) is 0 Å². The molecule has 1 aromatic heterocycles. The SMILES string of the molecule is Cc1nc(Cl)nc(N(CCCO)C2CCC2)c1[N+](=O)[O-]. The number of aryl methyl sites for hydroxylation is 1. The van der Waals surface area contributed by atoms with Gasteiger partial charge in [0.1, 0.15) is 5.69 Å². The van der Waals surface area contributed by atoms with Gasteiger partial charge < -0.3 is 10.0 Å². The van der Waals surface area contributed by atoms with E-state index in [-0.39, 0.29) is 35.1 Å². The van der Waals surface area contributed by atoms with Gasteiger partial charge in [0.25, 0.3) is 0 Å². The molecule has 0 unspecified atom stereocenters. The van der Waals surface area contributed by atoms with E-state index in [1.165, 1.54) is 0 Å². The lowest BCUT2D eigenvalue weighted by Crippen LogP contribution is -2.42. The average molecular weight is 301 g/mol. The van der Waals surface area contributed by atoms with Crippen molar-refractivity contribution >= 4 is 23.1 Å². The third-order valence-corrected chi connectivity index (χ3v) is 3.71. The van der Waals surface area contributed by atoms with E-state index in [1.807, 2.05) is 4.90 Å². The van der Waals surface area contributed by atoms with E-state index in [2.05, 4.69) is 9.97 Å². The molecular formula is C12H17ClN4O3. The Morgan fingerprint density at radius 2 is 2.20 bits per heavy atom. The second-order valence-corrected chi connectivity index (χ2v) is 5.20. The minimum Gasteiger partial charge on any atom is -0.396 e. The molecule has 7 nitrogen and oxygen atoms in total. The van der Waals surface area contributed by atoms with E-state index in [1.54, 1.807) is 6.92 Å². The molecule has 0 spiro atoms. The highest BCUT2D eigenvalue weighted by Crippen LogP contribution is 2.35. The first-order valence-electron chi connectivity index (χ1n) is 6.60. The number of anilines is 1. The Morgan fingerprint density at radius 1 is 1.50 bits per heavy atom. The summed E-state index contributed by atoms with van der Waals surface area (Å²) in [4.78, 5) is 20.6. The summed E-state index contributed by atoms with van der Waals surface area (Å²) in [6.07, 6.45) is 3.59. The van der Waals surface area contributed by atoms with Crippen molar-refractivity contribution in [3.8, 4) is 0 Å². The molecule has 0 saturated heterocycles. The van der Waals surface area contributed by atoms with Crippen LogP contribution in [0.4, 0.5) is 11.5 Å². The van der Waals surface area contributed by atoms with Crippen molar-refractivity contribution in [2.45, 2.75) is 38.6 Å². The Balaban J connectivity index is 2.42. The molecule has 0 aliphatic heterocycles. The van der Waals surface area contributed by atoms with Gasteiger partial charge >= 0.3 is 5.69 Å². The van der Waals surface area contributed by atoms with Gasteiger partial charge in [0, 0.05) is 19.2 Å². The first-order valence-corrected chi connectivity index (χ1v) is 6.98. The third-order valence-electron chi connectivity index (χ3n) is 3.54. The molecule has 1 heterocycles. The van der Waals surface area contributed by atoms with Gasteiger partial charge in [-0.3, -0.25) is 10.1 Å². The molecule has 0 aromatic carbocycles. The lowest BCUT2D eigenvalue weighted by molar-refractivity contribution is -0.385. The zero-order chi connectivity index (χ0) is 14.7. The van der Waals surface area contributed by atoms with Gasteiger partial charge in [-0.15, -0.1) is 0 Å². The van der Waals surface area contributed by atoms with Crippen LogP contribution in [0.1, 0.15) is 31.4 Å². The molecular weight excluding hydrogens is 284 g/mol. The van der Waals surface area contributed by atoms with Crippen molar-refractivity contribution in [2.24, 2.45) is 0 Å². The average Bonchev–Trinajstić information content (AvgIpc) is 2.30. The van der Waals surface area contributed by atoms with Crippen LogP contribution in [-0.4, -0.2) is 39.2 Å². The number of halogens is 1. The van der Waals surface area contributed by atoms with Gasteiger partial charge in [0.15, 0.2) is 0 Å². The minimum absolute atomic E-state index is 0.0106. The molecule has 8 heteroatoms. The summed E-state index contributed by atoms with van der Waals surface area (Å²) < 4.78 is 0. The zero-order valence-electron chi connectivity index (χ0n) is 11.3. The maximum atomic E-state index is 11.3. The van der Waals surface area contributed by atoms with Crippen LogP contribution in [0.2, 0.25) is 5.28 Å². The maximum Gasteiger partial charge on any atom is 0.332 e. The fraction of sp³-hybridized carbons (Fsp3) is 0.667. The number of hydrogen-bond acceptors (Lipinski definition) is 6. The Labute approximate surface area is 121 Å². The molecule has 1 N–H and O–H groups in total. The summed E-state index contributed by atoms with van der Waals surface area (Å²) in [6, 6.07) is 0.227. The third kappa shape index (κ3) is 2.99. The number of aliphatic hydroxyl groups excluding tert-OH is 1. The normalized spacial score (nSPS) is 14.9. The van der Waals surface area contributed by atoms with E-state index >= 15 is 0 Å². The van der Waals surface area contributed by atoms with Gasteiger partial charge in [-0.05, 0) is 44.2 Å². The zero-order valence-corrected chi connectivity index (χ0v) is 12.0. The summed E-state index contributed by atoms with van der Waals surface area (Å²) in [7, 11) is 0. The molecule has 1 saturated carbocycles. The highest BCUT2D eigenvalue weighted by molar-refractivity contribution is 6.28. The smallest absolute Gasteiger partial charge is 0.332 e. The lowest BCUT2D eigenvalue weighted by Gasteiger charge is -2.38. The van der Waals surface area contributed by atoms with E-state index in [0.29, 0.717) is 13.0 Å². The van der Waals surface area contributed by atoms with Crippen LogP contribution in [0.3, 0.4) is 0 Å². The standard InChI is InChI=1S/C12H17ClN4O3/c1-8-10(17(19)20)11(15-12(13)14-8)16(6-3-7-18)9-4-2-5-9/h9,18H,2-7H2,1H3. The summed E-state index contributed by atoms with van der Waals surface area (Å²) in [6.45, 7) is 2.11. The van der Waals surface area contributed by atoms with Gasteiger partial charge in [-0.1, -0.05) is 0 Å². The van der Waals surface area contributed by atoms with Crippen molar-refractivity contribution < 1.29 is 10.0 Å². The highest BCUT2D eigenvalue weighted by Gasteiger charge is 2.32. The Morgan fingerprint density at radius 3 is 2.70 bits per heavy atom. The van der Waals surface area contributed by atoms with Crippen LogP contribution in [0.15, 0.2) is 0 Å².